The average molecular weight is 417 g/mol. The predicted octanol–water partition coefficient (Wildman–Crippen LogP) is 4.10. The normalized spacial score (nSPS) is 19.0. The summed E-state index contributed by atoms with van der Waals surface area (Å²) >= 11 is 5.90. The van der Waals surface area contributed by atoms with Gasteiger partial charge in [0.05, 0.1) is 5.69 Å². The standard InChI is InChI=1S/C22H29ClN4O2/c1-15-14-16(2)27(26-15)13-5-12-24-21(28)19-6-3-4-7-20(19)22(29)25-18-10-8-17(23)9-11-18/h8-11,14,19-20H,3-7,12-13H2,1-2H3,(H,24,28)(H,25,29)/t19-,20+/m0/s1. The molecule has 1 heterocycles. The van der Waals surface area contributed by atoms with Crippen molar-refractivity contribution in [3.8, 4) is 0 Å². The lowest BCUT2D eigenvalue weighted by Gasteiger charge is -2.29. The number of amides is 2. The van der Waals surface area contributed by atoms with Gasteiger partial charge in [-0.1, -0.05) is 24.4 Å². The highest BCUT2D eigenvalue weighted by molar-refractivity contribution is 6.30. The Morgan fingerprint density at radius 3 is 2.38 bits per heavy atom. The van der Waals surface area contributed by atoms with E-state index in [9.17, 15) is 9.59 Å². The molecule has 1 saturated carbocycles. The van der Waals surface area contributed by atoms with Crippen molar-refractivity contribution in [2.45, 2.75) is 52.5 Å². The summed E-state index contributed by atoms with van der Waals surface area (Å²) in [5.41, 5.74) is 2.83. The second-order valence-electron chi connectivity index (χ2n) is 7.79. The van der Waals surface area contributed by atoms with E-state index in [4.69, 9.17) is 11.6 Å². The second-order valence-corrected chi connectivity index (χ2v) is 8.22. The van der Waals surface area contributed by atoms with Crippen LogP contribution in [0.5, 0.6) is 0 Å². The number of aromatic nitrogens is 2. The minimum Gasteiger partial charge on any atom is -0.356 e. The number of carbonyl (C=O) groups is 2. The Bertz CT molecular complexity index is 847. The van der Waals surface area contributed by atoms with Gasteiger partial charge in [0.25, 0.3) is 0 Å². The first-order chi connectivity index (χ1) is 13.9. The largest absolute Gasteiger partial charge is 0.356 e. The maximum absolute atomic E-state index is 12.8. The van der Waals surface area contributed by atoms with E-state index in [1.807, 2.05) is 24.6 Å². The molecular weight excluding hydrogens is 388 g/mol. The van der Waals surface area contributed by atoms with Crippen LogP contribution in [0.25, 0.3) is 0 Å². The first-order valence-corrected chi connectivity index (χ1v) is 10.7. The van der Waals surface area contributed by atoms with Gasteiger partial charge in [-0.15, -0.1) is 0 Å². The summed E-state index contributed by atoms with van der Waals surface area (Å²) in [6.07, 6.45) is 4.25. The first-order valence-electron chi connectivity index (χ1n) is 10.3. The minimum atomic E-state index is -0.296. The van der Waals surface area contributed by atoms with E-state index in [-0.39, 0.29) is 23.7 Å². The van der Waals surface area contributed by atoms with Crippen molar-refractivity contribution in [1.82, 2.24) is 15.1 Å². The third-order valence-electron chi connectivity index (χ3n) is 5.50. The van der Waals surface area contributed by atoms with Crippen molar-refractivity contribution < 1.29 is 9.59 Å². The molecule has 3 rings (SSSR count). The Morgan fingerprint density at radius 2 is 1.76 bits per heavy atom. The van der Waals surface area contributed by atoms with Crippen molar-refractivity contribution in [3.63, 3.8) is 0 Å². The lowest BCUT2D eigenvalue weighted by atomic mass is 9.78. The Morgan fingerprint density at radius 1 is 1.10 bits per heavy atom. The highest BCUT2D eigenvalue weighted by Gasteiger charge is 2.35. The van der Waals surface area contributed by atoms with E-state index < -0.39 is 0 Å². The third-order valence-corrected chi connectivity index (χ3v) is 5.75. The molecule has 2 aromatic rings. The van der Waals surface area contributed by atoms with Crippen molar-refractivity contribution in [3.05, 3.63) is 46.7 Å². The fraction of sp³-hybridized carbons (Fsp3) is 0.500. The predicted molar refractivity (Wildman–Crippen MR) is 115 cm³/mol. The van der Waals surface area contributed by atoms with Crippen LogP contribution in [-0.4, -0.2) is 28.1 Å². The van der Waals surface area contributed by atoms with Gasteiger partial charge >= 0.3 is 0 Å². The zero-order chi connectivity index (χ0) is 20.8. The highest BCUT2D eigenvalue weighted by atomic mass is 35.5. The van der Waals surface area contributed by atoms with Crippen LogP contribution >= 0.6 is 11.6 Å². The van der Waals surface area contributed by atoms with Gasteiger partial charge in [-0.25, -0.2) is 0 Å². The Hall–Kier alpha value is -2.34. The topological polar surface area (TPSA) is 76.0 Å². The van der Waals surface area contributed by atoms with Crippen molar-refractivity contribution in [2.24, 2.45) is 11.8 Å². The number of rotatable bonds is 7. The Labute approximate surface area is 177 Å². The zero-order valence-corrected chi connectivity index (χ0v) is 17.8. The second kappa shape index (κ2) is 9.92. The molecule has 1 aromatic carbocycles. The van der Waals surface area contributed by atoms with Crippen LogP contribution in [0.2, 0.25) is 5.02 Å². The summed E-state index contributed by atoms with van der Waals surface area (Å²) in [5.74, 6) is -0.677. The van der Waals surface area contributed by atoms with E-state index >= 15 is 0 Å². The van der Waals surface area contributed by atoms with E-state index in [1.165, 1.54) is 0 Å². The lowest BCUT2D eigenvalue weighted by molar-refractivity contribution is -0.134. The molecule has 0 aliphatic heterocycles. The molecule has 0 bridgehead atoms. The average Bonchev–Trinajstić information content (AvgIpc) is 3.03. The number of hydrogen-bond donors (Lipinski definition) is 2. The minimum absolute atomic E-state index is 0.0191. The van der Waals surface area contributed by atoms with Gasteiger partial charge < -0.3 is 10.6 Å². The van der Waals surface area contributed by atoms with Crippen LogP contribution in [0.15, 0.2) is 30.3 Å². The lowest BCUT2D eigenvalue weighted by Crippen LogP contribution is -2.42. The molecule has 1 aromatic heterocycles. The van der Waals surface area contributed by atoms with Gasteiger partial charge in [0.2, 0.25) is 11.8 Å². The molecule has 0 radical (unpaired) electrons. The van der Waals surface area contributed by atoms with Crippen LogP contribution in [0.3, 0.4) is 0 Å². The van der Waals surface area contributed by atoms with Crippen molar-refractivity contribution in [1.29, 1.82) is 0 Å². The van der Waals surface area contributed by atoms with E-state index in [0.29, 0.717) is 17.3 Å². The van der Waals surface area contributed by atoms with Gasteiger partial charge in [-0.2, -0.15) is 5.10 Å². The summed E-state index contributed by atoms with van der Waals surface area (Å²) in [6, 6.07) is 9.08. The molecule has 29 heavy (non-hydrogen) atoms. The third kappa shape index (κ3) is 5.82. The number of halogens is 1. The molecule has 1 fully saturated rings. The van der Waals surface area contributed by atoms with Crippen LogP contribution < -0.4 is 10.6 Å². The number of nitrogens with zero attached hydrogens (tertiary/aromatic N) is 2. The van der Waals surface area contributed by atoms with Crippen LogP contribution in [0.4, 0.5) is 5.69 Å². The SMILES string of the molecule is Cc1cc(C)n(CCCNC(=O)[C@H]2CCCC[C@H]2C(=O)Nc2ccc(Cl)cc2)n1. The monoisotopic (exact) mass is 416 g/mol. The molecule has 2 N–H and O–H groups in total. The number of nitrogens with one attached hydrogen (secondary N) is 2. The number of benzene rings is 1. The molecule has 2 amide bonds. The van der Waals surface area contributed by atoms with Crippen LogP contribution in [0.1, 0.15) is 43.5 Å². The molecular formula is C22H29ClN4O2. The number of anilines is 1. The molecule has 7 heteroatoms. The molecule has 0 saturated heterocycles. The fourth-order valence-corrected chi connectivity index (χ4v) is 4.13. The van der Waals surface area contributed by atoms with Crippen LogP contribution in [-0.2, 0) is 16.1 Å². The molecule has 1 aliphatic rings. The smallest absolute Gasteiger partial charge is 0.228 e. The number of hydrogen-bond acceptors (Lipinski definition) is 3. The summed E-state index contributed by atoms with van der Waals surface area (Å²) in [4.78, 5) is 25.5. The molecule has 2 atom stereocenters. The van der Waals surface area contributed by atoms with E-state index in [1.54, 1.807) is 24.3 Å². The van der Waals surface area contributed by atoms with Crippen molar-refractivity contribution >= 4 is 29.1 Å². The van der Waals surface area contributed by atoms with Gasteiger partial charge in [0, 0.05) is 41.3 Å². The van der Waals surface area contributed by atoms with Gasteiger partial charge in [-0.3, -0.25) is 14.3 Å². The van der Waals surface area contributed by atoms with Gasteiger partial charge in [0.15, 0.2) is 0 Å². The van der Waals surface area contributed by atoms with Gasteiger partial charge in [0.1, 0.15) is 0 Å². The van der Waals surface area contributed by atoms with E-state index in [0.717, 1.165) is 50.0 Å². The maximum atomic E-state index is 12.8. The van der Waals surface area contributed by atoms with Crippen molar-refractivity contribution in [2.75, 3.05) is 11.9 Å². The Balaban J connectivity index is 1.51. The van der Waals surface area contributed by atoms with Gasteiger partial charge in [-0.05, 0) is 63.4 Å². The van der Waals surface area contributed by atoms with E-state index in [2.05, 4.69) is 15.7 Å². The summed E-state index contributed by atoms with van der Waals surface area (Å²) < 4.78 is 1.96. The molecule has 156 valence electrons. The summed E-state index contributed by atoms with van der Waals surface area (Å²) in [6.45, 7) is 5.36. The number of carbonyl (C=O) groups excluding carboxylic acids is 2. The zero-order valence-electron chi connectivity index (χ0n) is 17.1. The highest BCUT2D eigenvalue weighted by Crippen LogP contribution is 2.31. The molecule has 1 aliphatic carbocycles. The molecule has 0 unspecified atom stereocenters. The van der Waals surface area contributed by atoms with Crippen LogP contribution in [0, 0.1) is 25.7 Å². The molecule has 0 spiro atoms. The Kier molecular flexibility index (Phi) is 7.31. The quantitative estimate of drug-likeness (QED) is 0.667. The number of aryl methyl sites for hydroxylation is 3. The fourth-order valence-electron chi connectivity index (χ4n) is 4.00. The summed E-state index contributed by atoms with van der Waals surface area (Å²) in [5, 5.41) is 11.0. The maximum Gasteiger partial charge on any atom is 0.228 e. The summed E-state index contributed by atoms with van der Waals surface area (Å²) in [7, 11) is 0. The first kappa shape index (κ1) is 21.4. The molecule has 6 nitrogen and oxygen atoms in total.